The van der Waals surface area contributed by atoms with Gasteiger partial charge in [0.15, 0.2) is 0 Å². The van der Waals surface area contributed by atoms with Gasteiger partial charge in [-0.3, -0.25) is 0 Å². The quantitative estimate of drug-likeness (QED) is 0.204. The van der Waals surface area contributed by atoms with Crippen molar-refractivity contribution in [3.8, 4) is 0 Å². The van der Waals surface area contributed by atoms with E-state index in [2.05, 4.69) is 134 Å². The lowest BCUT2D eigenvalue weighted by Crippen LogP contribution is -2.25. The van der Waals surface area contributed by atoms with Gasteiger partial charge in [-0.1, -0.05) is 111 Å². The summed E-state index contributed by atoms with van der Waals surface area (Å²) in [5.41, 5.74) is 6.97. The first-order chi connectivity index (χ1) is 19.1. The van der Waals surface area contributed by atoms with E-state index in [4.69, 9.17) is 0 Å². The van der Waals surface area contributed by atoms with Crippen LogP contribution in [0, 0.1) is 5.92 Å². The molecule has 9 rings (SSSR count). The summed E-state index contributed by atoms with van der Waals surface area (Å²) in [7, 11) is 0. The van der Waals surface area contributed by atoms with Gasteiger partial charge >= 0.3 is 0 Å². The molecule has 2 unspecified atom stereocenters. The predicted molar refractivity (Wildman–Crippen MR) is 169 cm³/mol. The summed E-state index contributed by atoms with van der Waals surface area (Å²) in [4.78, 5) is 0. The predicted octanol–water partition coefficient (Wildman–Crippen LogP) is 10.4. The van der Waals surface area contributed by atoms with Crippen LogP contribution in [0.15, 0.2) is 115 Å². The number of para-hydroxylation sites is 1. The molecule has 2 aliphatic carbocycles. The van der Waals surface area contributed by atoms with Crippen molar-refractivity contribution in [2.75, 3.05) is 0 Å². The summed E-state index contributed by atoms with van der Waals surface area (Å²) >= 11 is 1.94. The zero-order valence-electron chi connectivity index (χ0n) is 22.0. The van der Waals surface area contributed by atoms with Crippen LogP contribution >= 0.6 is 11.3 Å². The fraction of sp³-hybridized carbons (Fsp3) is 0.135. The minimum atomic E-state index is 0.0790. The van der Waals surface area contributed by atoms with Crippen molar-refractivity contribution in [3.63, 3.8) is 0 Å². The van der Waals surface area contributed by atoms with Crippen LogP contribution in [0.5, 0.6) is 0 Å². The number of thiophene rings is 1. The van der Waals surface area contributed by atoms with Crippen LogP contribution in [0.2, 0.25) is 0 Å². The maximum absolute atomic E-state index is 2.57. The van der Waals surface area contributed by atoms with E-state index in [1.807, 2.05) is 11.3 Å². The first-order valence-corrected chi connectivity index (χ1v) is 14.7. The van der Waals surface area contributed by atoms with Crippen LogP contribution in [0.1, 0.15) is 30.9 Å². The Morgan fingerprint density at radius 3 is 2.21 bits per heavy atom. The summed E-state index contributed by atoms with van der Waals surface area (Å²) in [6, 6.07) is 36.0. The largest absolute Gasteiger partial charge is 0.308 e. The fourth-order valence-corrected chi connectivity index (χ4v) is 8.98. The smallest absolute Gasteiger partial charge is 0.0726 e. The van der Waals surface area contributed by atoms with Crippen molar-refractivity contribution in [2.45, 2.75) is 25.2 Å². The molecular formula is C37H27NS. The molecule has 0 aliphatic heterocycles. The summed E-state index contributed by atoms with van der Waals surface area (Å²) in [6.07, 6.45) is 7.43. The standard InChI is InChI=1S/C37H27NS/c1-37(2)29-16-8-5-11-23(29)24-20-19-22(21-30(24)37)38-31-17-9-6-14-27(31)33-25-12-3-4-13-26(25)34-28-15-7-10-18-32(28)39-36(34)35(33)38/h3-21,24,30H,1-2H3. The lowest BCUT2D eigenvalue weighted by atomic mass is 9.74. The molecule has 7 aromatic rings. The molecule has 0 saturated carbocycles. The second-order valence-corrected chi connectivity index (χ2v) is 12.8. The number of hydrogen-bond acceptors (Lipinski definition) is 1. The van der Waals surface area contributed by atoms with Crippen LogP contribution < -0.4 is 0 Å². The average Bonchev–Trinajstić information content (AvgIpc) is 3.60. The summed E-state index contributed by atoms with van der Waals surface area (Å²) in [5.74, 6) is 0.850. The molecule has 0 spiro atoms. The molecule has 0 fully saturated rings. The molecular weight excluding hydrogens is 490 g/mol. The van der Waals surface area contributed by atoms with Gasteiger partial charge in [0.25, 0.3) is 0 Å². The zero-order valence-corrected chi connectivity index (χ0v) is 22.8. The van der Waals surface area contributed by atoms with Gasteiger partial charge in [0, 0.05) is 37.9 Å². The highest BCUT2D eigenvalue weighted by molar-refractivity contribution is 7.27. The van der Waals surface area contributed by atoms with Gasteiger partial charge in [0.1, 0.15) is 0 Å². The van der Waals surface area contributed by atoms with Crippen molar-refractivity contribution in [1.29, 1.82) is 0 Å². The van der Waals surface area contributed by atoms with Gasteiger partial charge in [-0.05, 0) is 51.4 Å². The third kappa shape index (κ3) is 2.70. The van der Waals surface area contributed by atoms with Crippen molar-refractivity contribution in [1.82, 2.24) is 4.57 Å². The SMILES string of the molecule is CC1(C)c2ccccc2C2C=CC(n3c4ccccc4c4c5ccccc5c5c6ccccc6sc5c43)=CC21. The van der Waals surface area contributed by atoms with E-state index in [9.17, 15) is 0 Å². The Morgan fingerprint density at radius 2 is 1.36 bits per heavy atom. The van der Waals surface area contributed by atoms with Gasteiger partial charge in [0.2, 0.25) is 0 Å². The normalized spacial score (nSPS) is 19.8. The molecule has 2 atom stereocenters. The number of allylic oxidation sites excluding steroid dienone is 4. The van der Waals surface area contributed by atoms with Crippen molar-refractivity contribution in [2.24, 2.45) is 5.92 Å². The number of rotatable bonds is 1. The number of fused-ring (bicyclic) bond motifs is 13. The molecule has 0 bridgehead atoms. The lowest BCUT2D eigenvalue weighted by molar-refractivity contribution is 0.394. The number of nitrogens with zero attached hydrogens (tertiary/aromatic N) is 1. The maximum atomic E-state index is 2.57. The van der Waals surface area contributed by atoms with Gasteiger partial charge in [-0.15, -0.1) is 11.3 Å². The zero-order chi connectivity index (χ0) is 25.9. The second kappa shape index (κ2) is 7.49. The molecule has 186 valence electrons. The summed E-state index contributed by atoms with van der Waals surface area (Å²) < 4.78 is 5.30. The minimum absolute atomic E-state index is 0.0790. The average molecular weight is 518 g/mol. The highest BCUT2D eigenvalue weighted by Gasteiger charge is 2.45. The highest BCUT2D eigenvalue weighted by atomic mass is 32.1. The Labute approximate surface area is 231 Å². The Kier molecular flexibility index (Phi) is 4.18. The van der Waals surface area contributed by atoms with E-state index in [-0.39, 0.29) is 5.41 Å². The fourth-order valence-electron chi connectivity index (χ4n) is 7.72. The molecule has 2 heterocycles. The van der Waals surface area contributed by atoms with E-state index in [1.165, 1.54) is 69.6 Å². The van der Waals surface area contributed by atoms with Gasteiger partial charge in [-0.25, -0.2) is 0 Å². The topological polar surface area (TPSA) is 4.93 Å². The molecule has 2 aliphatic rings. The summed E-state index contributed by atoms with van der Waals surface area (Å²) in [6.45, 7) is 4.85. The monoisotopic (exact) mass is 517 g/mol. The maximum Gasteiger partial charge on any atom is 0.0726 e. The molecule has 0 amide bonds. The van der Waals surface area contributed by atoms with E-state index in [0.29, 0.717) is 11.8 Å². The molecule has 0 N–H and O–H groups in total. The van der Waals surface area contributed by atoms with E-state index in [1.54, 1.807) is 0 Å². The Bertz CT molecular complexity index is 2220. The van der Waals surface area contributed by atoms with Crippen LogP contribution in [0.25, 0.3) is 58.4 Å². The Balaban J connectivity index is 1.44. The van der Waals surface area contributed by atoms with E-state index < -0.39 is 0 Å². The Hall–Kier alpha value is -4.14. The van der Waals surface area contributed by atoms with Crippen molar-refractivity contribution >= 4 is 69.8 Å². The first-order valence-electron chi connectivity index (χ1n) is 13.9. The van der Waals surface area contributed by atoms with Crippen molar-refractivity contribution in [3.05, 3.63) is 126 Å². The molecule has 2 heteroatoms. The molecule has 2 aromatic heterocycles. The third-order valence-electron chi connectivity index (χ3n) is 9.47. The molecule has 1 nitrogen and oxygen atoms in total. The molecule has 5 aromatic carbocycles. The van der Waals surface area contributed by atoms with Crippen LogP contribution in [-0.2, 0) is 5.41 Å². The van der Waals surface area contributed by atoms with Crippen LogP contribution in [-0.4, -0.2) is 4.57 Å². The van der Waals surface area contributed by atoms with Gasteiger partial charge < -0.3 is 4.57 Å². The van der Waals surface area contributed by atoms with Gasteiger partial charge in [0.05, 0.1) is 15.7 Å². The minimum Gasteiger partial charge on any atom is -0.308 e. The first kappa shape index (κ1) is 21.8. The second-order valence-electron chi connectivity index (χ2n) is 11.7. The van der Waals surface area contributed by atoms with Gasteiger partial charge in [-0.2, -0.15) is 0 Å². The molecule has 0 saturated heterocycles. The Morgan fingerprint density at radius 1 is 0.692 bits per heavy atom. The third-order valence-corrected chi connectivity index (χ3v) is 10.6. The van der Waals surface area contributed by atoms with E-state index >= 15 is 0 Å². The van der Waals surface area contributed by atoms with Crippen molar-refractivity contribution < 1.29 is 0 Å². The van der Waals surface area contributed by atoms with E-state index in [0.717, 1.165) is 0 Å². The molecule has 0 radical (unpaired) electrons. The lowest BCUT2D eigenvalue weighted by Gasteiger charge is -2.31. The number of aromatic nitrogens is 1. The molecule has 39 heavy (non-hydrogen) atoms. The van der Waals surface area contributed by atoms with Crippen LogP contribution in [0.4, 0.5) is 0 Å². The number of hydrogen-bond donors (Lipinski definition) is 0. The van der Waals surface area contributed by atoms with Crippen LogP contribution in [0.3, 0.4) is 0 Å². The highest BCUT2D eigenvalue weighted by Crippen LogP contribution is 2.55. The number of benzene rings is 5. The summed E-state index contributed by atoms with van der Waals surface area (Å²) in [5, 5.41) is 8.12.